The number of carbonyl (C=O) groups is 3. The van der Waals surface area contributed by atoms with Crippen molar-refractivity contribution in [3.8, 4) is 5.75 Å². The fourth-order valence-electron chi connectivity index (χ4n) is 5.18. The van der Waals surface area contributed by atoms with Gasteiger partial charge in [-0.05, 0) is 50.5 Å². The maximum atomic E-state index is 14.2. The van der Waals surface area contributed by atoms with Crippen LogP contribution in [-0.2, 0) is 23.9 Å². The SMILES string of the molecule is CCOC(=O)C1=C(C)NC2=C(C(=O)C(C(=O)OCC)C(c3ccccc3)C2)C1c1cccc(OC)c1. The molecule has 2 aliphatic rings. The molecule has 0 fully saturated rings. The molecule has 0 amide bonds. The van der Waals surface area contributed by atoms with Gasteiger partial charge in [-0.15, -0.1) is 0 Å². The monoisotopic (exact) mass is 489 g/mol. The average molecular weight is 490 g/mol. The van der Waals surface area contributed by atoms with E-state index in [0.717, 1.165) is 5.56 Å². The Bertz CT molecular complexity index is 1230. The molecule has 1 heterocycles. The van der Waals surface area contributed by atoms with Crippen LogP contribution in [0, 0.1) is 5.92 Å². The molecule has 0 radical (unpaired) electrons. The highest BCUT2D eigenvalue weighted by Crippen LogP contribution is 2.48. The molecular formula is C29H31NO6. The number of rotatable bonds is 7. The molecular weight excluding hydrogens is 458 g/mol. The number of dihydropyridines is 1. The normalized spacial score (nSPS) is 21.4. The van der Waals surface area contributed by atoms with Gasteiger partial charge in [0.2, 0.25) is 0 Å². The number of Topliss-reactive ketones (excluding diaryl/α,β-unsaturated/α-hetero) is 1. The van der Waals surface area contributed by atoms with Gasteiger partial charge < -0.3 is 19.5 Å². The third kappa shape index (κ3) is 4.65. The van der Waals surface area contributed by atoms with Gasteiger partial charge >= 0.3 is 11.9 Å². The van der Waals surface area contributed by atoms with E-state index in [9.17, 15) is 14.4 Å². The number of hydrogen-bond acceptors (Lipinski definition) is 7. The number of allylic oxidation sites excluding steroid dienone is 3. The zero-order valence-corrected chi connectivity index (χ0v) is 21.0. The van der Waals surface area contributed by atoms with Crippen molar-refractivity contribution in [2.45, 2.75) is 39.0 Å². The summed E-state index contributed by atoms with van der Waals surface area (Å²) in [7, 11) is 1.56. The standard InChI is InChI=1S/C29H31NO6/c1-5-35-28(32)23-17(3)30-22-16-21(18-11-8-7-9-12-18)25(29(33)36-6-2)27(31)26(22)24(23)19-13-10-14-20(15-19)34-4/h7-15,21,24-25,30H,5-6,16H2,1-4H3. The summed E-state index contributed by atoms with van der Waals surface area (Å²) in [6, 6.07) is 16.8. The van der Waals surface area contributed by atoms with Crippen molar-refractivity contribution in [3.63, 3.8) is 0 Å². The second kappa shape index (κ2) is 10.8. The van der Waals surface area contributed by atoms with Crippen molar-refractivity contribution < 1.29 is 28.6 Å². The molecule has 1 aliphatic heterocycles. The molecule has 0 spiro atoms. The van der Waals surface area contributed by atoms with E-state index in [2.05, 4.69) is 5.32 Å². The van der Waals surface area contributed by atoms with Gasteiger partial charge in [0.1, 0.15) is 11.7 Å². The minimum atomic E-state index is -1.03. The summed E-state index contributed by atoms with van der Waals surface area (Å²) in [6.45, 7) is 5.63. The lowest BCUT2D eigenvalue weighted by Crippen LogP contribution is -2.43. The van der Waals surface area contributed by atoms with Crippen LogP contribution < -0.4 is 10.1 Å². The molecule has 188 valence electrons. The van der Waals surface area contributed by atoms with Crippen molar-refractivity contribution in [1.29, 1.82) is 0 Å². The van der Waals surface area contributed by atoms with Crippen molar-refractivity contribution in [2.24, 2.45) is 5.92 Å². The minimum absolute atomic E-state index is 0.167. The summed E-state index contributed by atoms with van der Waals surface area (Å²) >= 11 is 0. The average Bonchev–Trinajstić information content (AvgIpc) is 2.88. The smallest absolute Gasteiger partial charge is 0.336 e. The van der Waals surface area contributed by atoms with Crippen LogP contribution in [0.1, 0.15) is 50.2 Å². The fraction of sp³-hybridized carbons (Fsp3) is 0.345. The number of methoxy groups -OCH3 is 1. The van der Waals surface area contributed by atoms with E-state index < -0.39 is 29.7 Å². The predicted molar refractivity (Wildman–Crippen MR) is 134 cm³/mol. The van der Waals surface area contributed by atoms with Crippen molar-refractivity contribution >= 4 is 17.7 Å². The molecule has 0 saturated heterocycles. The summed E-state index contributed by atoms with van der Waals surface area (Å²) in [6.07, 6.45) is 0.419. The Morgan fingerprint density at radius 1 is 0.972 bits per heavy atom. The largest absolute Gasteiger partial charge is 0.497 e. The third-order valence-corrected chi connectivity index (χ3v) is 6.71. The molecule has 4 rings (SSSR count). The van der Waals surface area contributed by atoms with Gasteiger partial charge in [0.05, 0.1) is 25.9 Å². The third-order valence-electron chi connectivity index (χ3n) is 6.71. The summed E-state index contributed by atoms with van der Waals surface area (Å²) < 4.78 is 16.2. The summed E-state index contributed by atoms with van der Waals surface area (Å²) in [5.74, 6) is -2.95. The zero-order chi connectivity index (χ0) is 25.8. The van der Waals surface area contributed by atoms with Crippen LogP contribution in [0.25, 0.3) is 0 Å². The molecule has 3 unspecified atom stereocenters. The van der Waals surface area contributed by atoms with E-state index >= 15 is 0 Å². The Labute approximate surface area is 211 Å². The topological polar surface area (TPSA) is 90.9 Å². The number of ether oxygens (including phenoxy) is 3. The van der Waals surface area contributed by atoms with Crippen molar-refractivity contribution in [3.05, 3.63) is 88.3 Å². The lowest BCUT2D eigenvalue weighted by molar-refractivity contribution is -0.152. The maximum absolute atomic E-state index is 14.2. The summed E-state index contributed by atoms with van der Waals surface area (Å²) in [4.78, 5) is 40.6. The van der Waals surface area contributed by atoms with Gasteiger partial charge in [-0.25, -0.2) is 4.79 Å². The van der Waals surface area contributed by atoms with Gasteiger partial charge in [-0.2, -0.15) is 0 Å². The van der Waals surface area contributed by atoms with Gasteiger partial charge in [0.25, 0.3) is 0 Å². The van der Waals surface area contributed by atoms with Gasteiger partial charge in [0.15, 0.2) is 5.78 Å². The number of hydrogen-bond donors (Lipinski definition) is 1. The fourth-order valence-corrected chi connectivity index (χ4v) is 5.18. The molecule has 7 heteroatoms. The first-order valence-corrected chi connectivity index (χ1v) is 12.2. The van der Waals surface area contributed by atoms with Crippen LogP contribution in [0.15, 0.2) is 77.1 Å². The second-order valence-electron chi connectivity index (χ2n) is 8.80. The number of ketones is 1. The Morgan fingerprint density at radius 3 is 2.33 bits per heavy atom. The molecule has 1 N–H and O–H groups in total. The Kier molecular flexibility index (Phi) is 7.58. The number of nitrogens with one attached hydrogen (secondary N) is 1. The lowest BCUT2D eigenvalue weighted by atomic mass is 9.67. The maximum Gasteiger partial charge on any atom is 0.336 e. The number of carbonyl (C=O) groups excluding carboxylic acids is 3. The highest BCUT2D eigenvalue weighted by Gasteiger charge is 2.49. The Hall–Kier alpha value is -3.87. The Balaban J connectivity index is 1.90. The first kappa shape index (κ1) is 25.2. The van der Waals surface area contributed by atoms with E-state index in [-0.39, 0.29) is 19.0 Å². The lowest BCUT2D eigenvalue weighted by Gasteiger charge is -2.39. The first-order chi connectivity index (χ1) is 17.4. The van der Waals surface area contributed by atoms with E-state index in [1.165, 1.54) is 0 Å². The van der Waals surface area contributed by atoms with Crippen LogP contribution in [0.4, 0.5) is 0 Å². The predicted octanol–water partition coefficient (Wildman–Crippen LogP) is 4.41. The molecule has 2 aromatic carbocycles. The quantitative estimate of drug-likeness (QED) is 0.455. The van der Waals surface area contributed by atoms with Gasteiger partial charge in [0, 0.05) is 28.8 Å². The molecule has 3 atom stereocenters. The molecule has 2 aromatic rings. The Morgan fingerprint density at radius 2 is 1.67 bits per heavy atom. The molecule has 36 heavy (non-hydrogen) atoms. The van der Waals surface area contributed by atoms with Crippen LogP contribution in [0.3, 0.4) is 0 Å². The second-order valence-corrected chi connectivity index (χ2v) is 8.80. The van der Waals surface area contributed by atoms with Gasteiger partial charge in [-0.3, -0.25) is 9.59 Å². The first-order valence-electron chi connectivity index (χ1n) is 12.2. The molecule has 7 nitrogen and oxygen atoms in total. The van der Waals surface area contributed by atoms with E-state index in [4.69, 9.17) is 14.2 Å². The van der Waals surface area contributed by atoms with Crippen LogP contribution in [0.2, 0.25) is 0 Å². The number of esters is 2. The van der Waals surface area contributed by atoms with Crippen LogP contribution in [-0.4, -0.2) is 38.0 Å². The molecule has 1 aliphatic carbocycles. The minimum Gasteiger partial charge on any atom is -0.497 e. The highest BCUT2D eigenvalue weighted by molar-refractivity contribution is 6.13. The molecule has 0 aromatic heterocycles. The van der Waals surface area contributed by atoms with Crippen molar-refractivity contribution in [1.82, 2.24) is 5.32 Å². The number of benzene rings is 2. The summed E-state index contributed by atoms with van der Waals surface area (Å²) in [5, 5.41) is 3.31. The summed E-state index contributed by atoms with van der Waals surface area (Å²) in [5.41, 5.74) is 3.65. The van der Waals surface area contributed by atoms with Gasteiger partial charge in [-0.1, -0.05) is 42.5 Å². The molecule has 0 bridgehead atoms. The van der Waals surface area contributed by atoms with E-state index in [1.54, 1.807) is 27.0 Å². The zero-order valence-electron chi connectivity index (χ0n) is 21.0. The van der Waals surface area contributed by atoms with E-state index in [0.29, 0.717) is 40.3 Å². The highest BCUT2D eigenvalue weighted by atomic mass is 16.5. The van der Waals surface area contributed by atoms with Crippen LogP contribution >= 0.6 is 0 Å². The van der Waals surface area contributed by atoms with Crippen LogP contribution in [0.5, 0.6) is 5.75 Å². The van der Waals surface area contributed by atoms with Crippen molar-refractivity contribution in [2.75, 3.05) is 20.3 Å². The van der Waals surface area contributed by atoms with E-state index in [1.807, 2.05) is 55.5 Å². The molecule has 0 saturated carbocycles.